The molecule has 1 amide bonds. The number of thiophene rings is 1. The average Bonchev–Trinajstić information content (AvgIpc) is 2.98. The van der Waals surface area contributed by atoms with Crippen molar-refractivity contribution >= 4 is 39.2 Å². The van der Waals surface area contributed by atoms with E-state index in [-0.39, 0.29) is 22.8 Å². The van der Waals surface area contributed by atoms with Crippen molar-refractivity contribution in [1.29, 1.82) is 0 Å². The molecule has 0 fully saturated rings. The van der Waals surface area contributed by atoms with E-state index in [0.717, 1.165) is 27.3 Å². The van der Waals surface area contributed by atoms with Crippen LogP contribution in [0.25, 0.3) is 10.2 Å². The molecule has 2 heterocycles. The Labute approximate surface area is 179 Å². The van der Waals surface area contributed by atoms with Crippen molar-refractivity contribution in [1.82, 2.24) is 15.3 Å². The highest BCUT2D eigenvalue weighted by atomic mass is 32.2. The van der Waals surface area contributed by atoms with Crippen LogP contribution < -0.4 is 10.9 Å². The zero-order valence-electron chi connectivity index (χ0n) is 17.5. The molecule has 7 heteroatoms. The van der Waals surface area contributed by atoms with Gasteiger partial charge in [0.15, 0.2) is 0 Å². The molecule has 0 saturated heterocycles. The number of aryl methyl sites for hydroxylation is 3. The van der Waals surface area contributed by atoms with Gasteiger partial charge >= 0.3 is 0 Å². The molecule has 0 saturated carbocycles. The molecule has 0 spiro atoms. The Balaban J connectivity index is 1.64. The number of aromatic amines is 1. The van der Waals surface area contributed by atoms with Gasteiger partial charge in [0.2, 0.25) is 5.91 Å². The summed E-state index contributed by atoms with van der Waals surface area (Å²) in [4.78, 5) is 34.4. The number of carbonyl (C=O) groups excluding carboxylic acids is 1. The minimum Gasteiger partial charge on any atom is -0.348 e. The molecule has 2 N–H and O–H groups in total. The van der Waals surface area contributed by atoms with Gasteiger partial charge < -0.3 is 10.3 Å². The number of hydrogen-bond donors (Lipinski definition) is 2. The fourth-order valence-corrected chi connectivity index (χ4v) is 4.97. The summed E-state index contributed by atoms with van der Waals surface area (Å²) in [6.07, 6.45) is 0.828. The first kappa shape index (κ1) is 21.6. The third kappa shape index (κ3) is 4.90. The maximum Gasteiger partial charge on any atom is 0.259 e. The Kier molecular flexibility index (Phi) is 6.80. The van der Waals surface area contributed by atoms with Gasteiger partial charge in [-0.15, -0.1) is 23.1 Å². The topological polar surface area (TPSA) is 74.8 Å². The first-order chi connectivity index (χ1) is 13.8. The Hall–Kier alpha value is -2.12. The van der Waals surface area contributed by atoms with Crippen LogP contribution in [0.1, 0.15) is 53.7 Å². The quantitative estimate of drug-likeness (QED) is 0.566. The summed E-state index contributed by atoms with van der Waals surface area (Å²) in [6, 6.07) is 8.26. The predicted octanol–water partition coefficient (Wildman–Crippen LogP) is 4.80. The number of thioether (sulfide) groups is 1. The summed E-state index contributed by atoms with van der Waals surface area (Å²) in [5, 5.41) is 3.57. The van der Waals surface area contributed by atoms with Crippen LogP contribution in [0.4, 0.5) is 0 Å². The Bertz CT molecular complexity index is 1070. The van der Waals surface area contributed by atoms with Crippen LogP contribution in [-0.2, 0) is 10.5 Å². The van der Waals surface area contributed by atoms with E-state index in [0.29, 0.717) is 17.0 Å². The van der Waals surface area contributed by atoms with E-state index in [1.165, 1.54) is 28.7 Å². The van der Waals surface area contributed by atoms with E-state index < -0.39 is 0 Å². The van der Waals surface area contributed by atoms with Gasteiger partial charge in [-0.1, -0.05) is 36.8 Å². The number of nitrogens with zero attached hydrogens (tertiary/aromatic N) is 1. The fourth-order valence-electron chi connectivity index (χ4n) is 3.16. The lowest BCUT2D eigenvalue weighted by atomic mass is 10.0. The van der Waals surface area contributed by atoms with Crippen molar-refractivity contribution < 1.29 is 4.79 Å². The zero-order chi connectivity index (χ0) is 21.1. The van der Waals surface area contributed by atoms with E-state index >= 15 is 0 Å². The molecule has 29 heavy (non-hydrogen) atoms. The summed E-state index contributed by atoms with van der Waals surface area (Å²) in [7, 11) is 0. The van der Waals surface area contributed by atoms with Gasteiger partial charge in [-0.25, -0.2) is 4.98 Å². The van der Waals surface area contributed by atoms with Crippen molar-refractivity contribution in [2.45, 2.75) is 58.1 Å². The van der Waals surface area contributed by atoms with Crippen molar-refractivity contribution in [2.75, 3.05) is 0 Å². The smallest absolute Gasteiger partial charge is 0.259 e. The summed E-state index contributed by atoms with van der Waals surface area (Å²) in [5.74, 6) is 1.09. The first-order valence-corrected chi connectivity index (χ1v) is 11.6. The van der Waals surface area contributed by atoms with Crippen LogP contribution in [0.15, 0.2) is 29.1 Å². The molecule has 2 aromatic heterocycles. The van der Waals surface area contributed by atoms with Crippen LogP contribution in [0.3, 0.4) is 0 Å². The molecule has 0 aliphatic rings. The maximum atomic E-state index is 12.7. The van der Waals surface area contributed by atoms with E-state index in [9.17, 15) is 9.59 Å². The number of H-pyrrole nitrogens is 1. The van der Waals surface area contributed by atoms with Crippen molar-refractivity contribution in [2.24, 2.45) is 0 Å². The molecular weight excluding hydrogens is 402 g/mol. The fraction of sp³-hybridized carbons (Fsp3) is 0.409. The van der Waals surface area contributed by atoms with Crippen LogP contribution >= 0.6 is 23.1 Å². The first-order valence-electron chi connectivity index (χ1n) is 9.77. The number of fused-ring (bicyclic) bond motifs is 1. The van der Waals surface area contributed by atoms with E-state index in [2.05, 4.69) is 53.4 Å². The van der Waals surface area contributed by atoms with Crippen LogP contribution in [0, 0.1) is 20.8 Å². The van der Waals surface area contributed by atoms with Crippen LogP contribution in [-0.4, -0.2) is 21.1 Å². The van der Waals surface area contributed by atoms with Gasteiger partial charge in [0, 0.05) is 4.88 Å². The normalized spacial score (nSPS) is 13.4. The lowest BCUT2D eigenvalue weighted by Crippen LogP contribution is -2.34. The van der Waals surface area contributed by atoms with Crippen molar-refractivity contribution in [3.63, 3.8) is 0 Å². The Morgan fingerprint density at radius 1 is 1.24 bits per heavy atom. The van der Waals surface area contributed by atoms with Gasteiger partial charge in [0.1, 0.15) is 10.7 Å². The number of amides is 1. The molecule has 2 unspecified atom stereocenters. The summed E-state index contributed by atoms with van der Waals surface area (Å²) in [5.41, 5.74) is 3.21. The highest BCUT2D eigenvalue weighted by Gasteiger charge is 2.19. The molecule has 5 nitrogen and oxygen atoms in total. The second-order valence-electron chi connectivity index (χ2n) is 7.31. The molecule has 1 aromatic carbocycles. The van der Waals surface area contributed by atoms with Gasteiger partial charge in [-0.05, 0) is 45.2 Å². The average molecular weight is 430 g/mol. The van der Waals surface area contributed by atoms with Gasteiger partial charge in [-0.2, -0.15) is 0 Å². The molecule has 154 valence electrons. The Morgan fingerprint density at radius 2 is 1.93 bits per heavy atom. The van der Waals surface area contributed by atoms with E-state index in [1.807, 2.05) is 20.8 Å². The number of benzene rings is 1. The third-order valence-corrected chi connectivity index (χ3v) is 7.39. The lowest BCUT2D eigenvalue weighted by molar-refractivity contribution is -0.121. The number of rotatable bonds is 7. The lowest BCUT2D eigenvalue weighted by Gasteiger charge is -2.20. The largest absolute Gasteiger partial charge is 0.348 e. The van der Waals surface area contributed by atoms with E-state index in [1.54, 1.807) is 0 Å². The molecule has 3 rings (SSSR count). The summed E-state index contributed by atoms with van der Waals surface area (Å²) in [6.45, 7) is 9.95. The van der Waals surface area contributed by atoms with Gasteiger partial charge in [0.25, 0.3) is 5.56 Å². The minimum atomic E-state index is -0.248. The third-order valence-electron chi connectivity index (χ3n) is 5.13. The number of carbonyl (C=O) groups is 1. The highest BCUT2D eigenvalue weighted by Crippen LogP contribution is 2.27. The number of hydrogen-bond acceptors (Lipinski definition) is 5. The molecule has 0 bridgehead atoms. The van der Waals surface area contributed by atoms with Crippen LogP contribution in [0.5, 0.6) is 0 Å². The molecule has 0 aliphatic carbocycles. The second kappa shape index (κ2) is 9.13. The van der Waals surface area contributed by atoms with E-state index in [4.69, 9.17) is 0 Å². The SMILES string of the molecule is CCC(NC(=O)C(C)SCc1nc2sc(C)c(C)c2c(=O)[nH]1)c1ccc(C)cc1. The molecule has 0 aliphatic heterocycles. The molecule has 0 radical (unpaired) electrons. The van der Waals surface area contributed by atoms with Gasteiger partial charge in [0.05, 0.1) is 22.4 Å². The van der Waals surface area contributed by atoms with Gasteiger partial charge in [-0.3, -0.25) is 9.59 Å². The standard InChI is InChI=1S/C22H27N3O2S2/c1-6-17(16-9-7-12(2)8-10-16)23-20(26)15(5)28-11-18-24-21(27)19-13(3)14(4)29-22(19)25-18/h7-10,15,17H,6,11H2,1-5H3,(H,23,26)(H,24,25,27). The van der Waals surface area contributed by atoms with Crippen LogP contribution in [0.2, 0.25) is 0 Å². The number of aromatic nitrogens is 2. The minimum absolute atomic E-state index is 0.00231. The van der Waals surface area contributed by atoms with Crippen molar-refractivity contribution in [3.8, 4) is 0 Å². The predicted molar refractivity (Wildman–Crippen MR) is 123 cm³/mol. The summed E-state index contributed by atoms with van der Waals surface area (Å²) >= 11 is 3.01. The monoisotopic (exact) mass is 429 g/mol. The highest BCUT2D eigenvalue weighted by molar-refractivity contribution is 7.99. The summed E-state index contributed by atoms with van der Waals surface area (Å²) < 4.78 is 0. The molecule has 2 atom stereocenters. The van der Waals surface area contributed by atoms with Crippen molar-refractivity contribution in [3.05, 3.63) is 62.0 Å². The second-order valence-corrected chi connectivity index (χ2v) is 9.84. The zero-order valence-corrected chi connectivity index (χ0v) is 19.1. The number of nitrogens with one attached hydrogen (secondary N) is 2. The molecular formula is C22H27N3O2S2. The Morgan fingerprint density at radius 3 is 2.59 bits per heavy atom. The maximum absolute atomic E-state index is 12.7. The molecule has 3 aromatic rings.